The van der Waals surface area contributed by atoms with Gasteiger partial charge in [-0.1, -0.05) is 12.1 Å². The van der Waals surface area contributed by atoms with E-state index in [0.717, 1.165) is 11.3 Å². The Balaban J connectivity index is 2.14. The first-order valence-electron chi connectivity index (χ1n) is 5.34. The highest BCUT2D eigenvalue weighted by Gasteiger charge is 2.38. The Labute approximate surface area is 99.7 Å². The Morgan fingerprint density at radius 3 is 2.47 bits per heavy atom. The maximum absolute atomic E-state index is 11.2. The first-order chi connectivity index (χ1) is 8.03. The summed E-state index contributed by atoms with van der Waals surface area (Å²) in [5.74, 6) is 1.00. The van der Waals surface area contributed by atoms with Crippen LogP contribution in [0.15, 0.2) is 24.3 Å². The zero-order chi connectivity index (χ0) is 12.5. The second-order valence-electron chi connectivity index (χ2n) is 4.31. The van der Waals surface area contributed by atoms with Crippen LogP contribution in [0.1, 0.15) is 12.5 Å². The number of carbonyl (C=O) groups is 1. The van der Waals surface area contributed by atoms with E-state index in [9.17, 15) is 4.79 Å². The van der Waals surface area contributed by atoms with E-state index < -0.39 is 5.54 Å². The molecule has 1 aromatic rings. The quantitative estimate of drug-likeness (QED) is 0.735. The van der Waals surface area contributed by atoms with Crippen LogP contribution in [0.4, 0.5) is 4.79 Å². The molecule has 0 bridgehead atoms. The van der Waals surface area contributed by atoms with Crippen LogP contribution in [0.25, 0.3) is 0 Å². The molecule has 1 unspecified atom stereocenters. The molecule has 1 aliphatic heterocycles. The molecule has 1 saturated heterocycles. The molecule has 1 aromatic carbocycles. The molecule has 90 valence electrons. The molecule has 17 heavy (non-hydrogen) atoms. The zero-order valence-corrected chi connectivity index (χ0v) is 9.83. The van der Waals surface area contributed by atoms with E-state index in [1.54, 1.807) is 7.11 Å². The monoisotopic (exact) mass is 233 g/mol. The molecular formula is C12H15N3O2. The van der Waals surface area contributed by atoms with Crippen molar-refractivity contribution >= 4 is 11.9 Å². The molecule has 1 aliphatic rings. The lowest BCUT2D eigenvalue weighted by Crippen LogP contribution is -2.45. The number of benzene rings is 1. The Bertz CT molecular complexity index is 455. The highest BCUT2D eigenvalue weighted by molar-refractivity contribution is 6.08. The lowest BCUT2D eigenvalue weighted by Gasteiger charge is -2.22. The van der Waals surface area contributed by atoms with Crippen LogP contribution in [0, 0.1) is 5.41 Å². The van der Waals surface area contributed by atoms with E-state index in [0.29, 0.717) is 6.42 Å². The van der Waals surface area contributed by atoms with Gasteiger partial charge in [0.05, 0.1) is 7.11 Å². The molecule has 0 radical (unpaired) electrons. The molecule has 5 nitrogen and oxygen atoms in total. The van der Waals surface area contributed by atoms with E-state index >= 15 is 0 Å². The summed E-state index contributed by atoms with van der Waals surface area (Å²) in [5, 5.41) is 13.0. The van der Waals surface area contributed by atoms with Crippen LogP contribution < -0.4 is 15.4 Å². The number of hydrogen-bond donors (Lipinski definition) is 3. The highest BCUT2D eigenvalue weighted by atomic mass is 16.5. The first kappa shape index (κ1) is 11.4. The summed E-state index contributed by atoms with van der Waals surface area (Å²) in [7, 11) is 1.62. The predicted molar refractivity (Wildman–Crippen MR) is 64.5 cm³/mol. The zero-order valence-electron chi connectivity index (χ0n) is 9.83. The number of nitrogens with one attached hydrogen (secondary N) is 3. The summed E-state index contributed by atoms with van der Waals surface area (Å²) in [5.41, 5.74) is 0.396. The van der Waals surface area contributed by atoms with Crippen LogP contribution in [0.5, 0.6) is 5.75 Å². The summed E-state index contributed by atoms with van der Waals surface area (Å²) in [6.07, 6.45) is 0.578. The van der Waals surface area contributed by atoms with Crippen molar-refractivity contribution < 1.29 is 9.53 Å². The molecule has 1 fully saturated rings. The van der Waals surface area contributed by atoms with Gasteiger partial charge in [-0.25, -0.2) is 4.79 Å². The smallest absolute Gasteiger partial charge is 0.321 e. The molecule has 2 amide bonds. The SMILES string of the molecule is COc1ccc(CC2(C)NC(=O)NC2=N)cc1. The second-order valence-corrected chi connectivity index (χ2v) is 4.31. The summed E-state index contributed by atoms with van der Waals surface area (Å²) < 4.78 is 5.08. The topological polar surface area (TPSA) is 74.2 Å². The largest absolute Gasteiger partial charge is 0.497 e. The third-order valence-electron chi connectivity index (χ3n) is 2.90. The van der Waals surface area contributed by atoms with Gasteiger partial charge in [-0.05, 0) is 24.6 Å². The second kappa shape index (κ2) is 4.08. The van der Waals surface area contributed by atoms with Crippen molar-refractivity contribution in [3.05, 3.63) is 29.8 Å². The first-order valence-corrected chi connectivity index (χ1v) is 5.34. The number of methoxy groups -OCH3 is 1. The Morgan fingerprint density at radius 1 is 1.35 bits per heavy atom. The number of amidine groups is 1. The molecule has 0 aliphatic carbocycles. The van der Waals surface area contributed by atoms with Crippen LogP contribution in [-0.4, -0.2) is 24.5 Å². The molecule has 5 heteroatoms. The fraction of sp³-hybridized carbons (Fsp3) is 0.333. The van der Waals surface area contributed by atoms with Gasteiger partial charge >= 0.3 is 6.03 Å². The molecule has 3 N–H and O–H groups in total. The normalized spacial score (nSPS) is 23.2. The van der Waals surface area contributed by atoms with E-state index in [-0.39, 0.29) is 11.9 Å². The van der Waals surface area contributed by atoms with Gasteiger partial charge in [0.2, 0.25) is 0 Å². The average molecular weight is 233 g/mol. The number of rotatable bonds is 3. The number of ether oxygens (including phenoxy) is 1. The van der Waals surface area contributed by atoms with Crippen LogP contribution in [0.3, 0.4) is 0 Å². The van der Waals surface area contributed by atoms with Gasteiger partial charge in [-0.3, -0.25) is 10.7 Å². The maximum atomic E-state index is 11.2. The van der Waals surface area contributed by atoms with E-state index in [1.807, 2.05) is 31.2 Å². The third kappa shape index (κ3) is 2.22. The molecule has 1 atom stereocenters. The standard InChI is InChI=1S/C12H15N3O2/c1-12(10(13)14-11(16)15-12)7-8-3-5-9(17-2)6-4-8/h3-6H,7H2,1-2H3,(H3,13,14,15,16). The molecule has 0 spiro atoms. The van der Waals surface area contributed by atoms with Gasteiger partial charge in [0.25, 0.3) is 0 Å². The van der Waals surface area contributed by atoms with Crippen molar-refractivity contribution in [1.82, 2.24) is 10.6 Å². The van der Waals surface area contributed by atoms with Gasteiger partial charge in [-0.2, -0.15) is 0 Å². The molecule has 1 heterocycles. The number of amides is 2. The van der Waals surface area contributed by atoms with Gasteiger partial charge in [0.15, 0.2) is 0 Å². The maximum Gasteiger partial charge on any atom is 0.321 e. The van der Waals surface area contributed by atoms with E-state index in [1.165, 1.54) is 0 Å². The molecule has 2 rings (SSSR count). The highest BCUT2D eigenvalue weighted by Crippen LogP contribution is 2.19. The van der Waals surface area contributed by atoms with Gasteiger partial charge < -0.3 is 10.1 Å². The van der Waals surface area contributed by atoms with Crippen molar-refractivity contribution in [1.29, 1.82) is 5.41 Å². The fourth-order valence-electron chi connectivity index (χ4n) is 1.88. The fourth-order valence-corrected chi connectivity index (χ4v) is 1.88. The van der Waals surface area contributed by atoms with Crippen molar-refractivity contribution in [3.63, 3.8) is 0 Å². The van der Waals surface area contributed by atoms with E-state index in [2.05, 4.69) is 10.6 Å². The average Bonchev–Trinajstić information content (AvgIpc) is 2.53. The number of carbonyl (C=O) groups excluding carboxylic acids is 1. The van der Waals surface area contributed by atoms with E-state index in [4.69, 9.17) is 10.1 Å². The number of urea groups is 1. The molecule has 0 aromatic heterocycles. The Hall–Kier alpha value is -2.04. The van der Waals surface area contributed by atoms with Crippen LogP contribution >= 0.6 is 0 Å². The van der Waals surface area contributed by atoms with Crippen molar-refractivity contribution in [3.8, 4) is 5.75 Å². The van der Waals surface area contributed by atoms with Gasteiger partial charge in [0.1, 0.15) is 17.1 Å². The van der Waals surface area contributed by atoms with Crippen molar-refractivity contribution in [2.24, 2.45) is 0 Å². The minimum Gasteiger partial charge on any atom is -0.497 e. The van der Waals surface area contributed by atoms with Crippen molar-refractivity contribution in [2.45, 2.75) is 18.9 Å². The molecular weight excluding hydrogens is 218 g/mol. The minimum atomic E-state index is -0.647. The van der Waals surface area contributed by atoms with Gasteiger partial charge in [-0.15, -0.1) is 0 Å². The summed E-state index contributed by atoms with van der Waals surface area (Å²) in [6.45, 7) is 1.83. The van der Waals surface area contributed by atoms with Gasteiger partial charge in [0, 0.05) is 6.42 Å². The van der Waals surface area contributed by atoms with Crippen LogP contribution in [0.2, 0.25) is 0 Å². The Morgan fingerprint density at radius 2 is 2.00 bits per heavy atom. The molecule has 0 saturated carbocycles. The number of hydrogen-bond acceptors (Lipinski definition) is 3. The minimum absolute atomic E-state index is 0.207. The lowest BCUT2D eigenvalue weighted by atomic mass is 9.93. The van der Waals surface area contributed by atoms with Crippen molar-refractivity contribution in [2.75, 3.05) is 7.11 Å². The predicted octanol–water partition coefficient (Wildman–Crippen LogP) is 1.29. The lowest BCUT2D eigenvalue weighted by molar-refractivity contribution is 0.245. The summed E-state index contributed by atoms with van der Waals surface area (Å²) in [4.78, 5) is 11.2. The summed E-state index contributed by atoms with van der Waals surface area (Å²) in [6, 6.07) is 7.29. The summed E-state index contributed by atoms with van der Waals surface area (Å²) >= 11 is 0. The van der Waals surface area contributed by atoms with Crippen LogP contribution in [-0.2, 0) is 6.42 Å². The third-order valence-corrected chi connectivity index (χ3v) is 2.90. The Kier molecular flexibility index (Phi) is 2.75.